The molecular formula is C19H20N4O4S. The van der Waals surface area contributed by atoms with Gasteiger partial charge < -0.3 is 20.1 Å². The Morgan fingerprint density at radius 1 is 1.18 bits per heavy atom. The molecule has 1 aromatic carbocycles. The number of ether oxygens (including phenoxy) is 2. The molecule has 28 heavy (non-hydrogen) atoms. The van der Waals surface area contributed by atoms with E-state index in [4.69, 9.17) is 9.47 Å². The fourth-order valence-corrected chi connectivity index (χ4v) is 3.70. The molecule has 0 spiro atoms. The summed E-state index contributed by atoms with van der Waals surface area (Å²) in [5, 5.41) is 6.74. The van der Waals surface area contributed by atoms with Gasteiger partial charge in [-0.05, 0) is 30.7 Å². The highest BCUT2D eigenvalue weighted by molar-refractivity contribution is 7.20. The Labute approximate surface area is 165 Å². The third-order valence-electron chi connectivity index (χ3n) is 3.88. The van der Waals surface area contributed by atoms with E-state index < -0.39 is 5.97 Å². The topological polar surface area (TPSA) is 102 Å². The molecule has 0 unspecified atom stereocenters. The van der Waals surface area contributed by atoms with Crippen LogP contribution in [0.5, 0.6) is 0 Å². The fourth-order valence-electron chi connectivity index (χ4n) is 2.66. The first-order chi connectivity index (χ1) is 13.5. The molecule has 1 amide bonds. The molecule has 0 aliphatic rings. The summed E-state index contributed by atoms with van der Waals surface area (Å²) >= 11 is 1.26. The summed E-state index contributed by atoms with van der Waals surface area (Å²) < 4.78 is 10.1. The zero-order valence-electron chi connectivity index (χ0n) is 15.7. The van der Waals surface area contributed by atoms with Crippen molar-refractivity contribution < 1.29 is 19.1 Å². The number of fused-ring (bicyclic) bond motifs is 1. The minimum Gasteiger partial charge on any atom is -0.459 e. The van der Waals surface area contributed by atoms with Crippen molar-refractivity contribution in [3.63, 3.8) is 0 Å². The first-order valence-corrected chi connectivity index (χ1v) is 9.36. The average molecular weight is 400 g/mol. The number of nitrogens with zero attached hydrogens (tertiary/aromatic N) is 2. The summed E-state index contributed by atoms with van der Waals surface area (Å²) in [5.74, 6) is 0.0257. The second-order valence-corrected chi connectivity index (χ2v) is 6.97. The Kier molecular flexibility index (Phi) is 6.17. The van der Waals surface area contributed by atoms with E-state index in [-0.39, 0.29) is 12.5 Å². The maximum Gasteiger partial charge on any atom is 0.348 e. The summed E-state index contributed by atoms with van der Waals surface area (Å²) in [4.78, 5) is 33.4. The molecule has 2 aromatic heterocycles. The maximum absolute atomic E-state index is 12.4. The summed E-state index contributed by atoms with van der Waals surface area (Å²) in [7, 11) is 1.55. The van der Waals surface area contributed by atoms with Crippen LogP contribution in [0, 0.1) is 6.92 Å². The van der Waals surface area contributed by atoms with Crippen molar-refractivity contribution in [2.45, 2.75) is 13.8 Å². The first kappa shape index (κ1) is 19.7. The van der Waals surface area contributed by atoms with Crippen molar-refractivity contribution in [3.8, 4) is 0 Å². The number of anilines is 3. The third-order valence-corrected chi connectivity index (χ3v) is 5.06. The average Bonchev–Trinajstić information content (AvgIpc) is 2.99. The first-order valence-electron chi connectivity index (χ1n) is 8.54. The largest absolute Gasteiger partial charge is 0.459 e. The Balaban J connectivity index is 1.90. The molecule has 2 heterocycles. The fraction of sp³-hybridized carbons (Fsp3) is 0.263. The Bertz CT molecular complexity index is 1020. The number of carbonyl (C=O) groups excluding carboxylic acids is 2. The lowest BCUT2D eigenvalue weighted by Crippen LogP contribution is -2.09. The molecule has 9 heteroatoms. The zero-order chi connectivity index (χ0) is 20.1. The molecule has 0 aliphatic carbocycles. The van der Waals surface area contributed by atoms with Gasteiger partial charge in [-0.3, -0.25) is 4.79 Å². The summed E-state index contributed by atoms with van der Waals surface area (Å²) in [6.07, 6.45) is 1.44. The molecule has 2 N–H and O–H groups in total. The number of amides is 1. The van der Waals surface area contributed by atoms with Gasteiger partial charge in [0.25, 0.3) is 0 Å². The Hall–Kier alpha value is -3.04. The van der Waals surface area contributed by atoms with Gasteiger partial charge in [0.2, 0.25) is 5.91 Å². The van der Waals surface area contributed by atoms with E-state index in [0.717, 1.165) is 16.6 Å². The number of esters is 1. The molecule has 0 aliphatic heterocycles. The molecule has 146 valence electrons. The van der Waals surface area contributed by atoms with E-state index in [1.165, 1.54) is 24.6 Å². The SMILES string of the molecule is COCCOC(=O)c1sc2ncnc(Nc3cccc(NC(C)=O)c3)c2c1C. The number of hydrogen-bond donors (Lipinski definition) is 2. The van der Waals surface area contributed by atoms with Crippen molar-refractivity contribution in [2.24, 2.45) is 0 Å². The van der Waals surface area contributed by atoms with E-state index in [0.29, 0.717) is 27.8 Å². The van der Waals surface area contributed by atoms with Gasteiger partial charge in [-0.15, -0.1) is 11.3 Å². The molecule has 0 bridgehead atoms. The minimum absolute atomic E-state index is 0.146. The lowest BCUT2D eigenvalue weighted by atomic mass is 10.2. The van der Waals surface area contributed by atoms with Crippen LogP contribution in [0.15, 0.2) is 30.6 Å². The van der Waals surface area contributed by atoms with Crippen molar-refractivity contribution in [1.29, 1.82) is 0 Å². The van der Waals surface area contributed by atoms with E-state index in [1.807, 2.05) is 19.1 Å². The van der Waals surface area contributed by atoms with Gasteiger partial charge in [0.05, 0.1) is 12.0 Å². The van der Waals surface area contributed by atoms with E-state index in [1.54, 1.807) is 19.2 Å². The van der Waals surface area contributed by atoms with Crippen LogP contribution in [0.25, 0.3) is 10.2 Å². The van der Waals surface area contributed by atoms with Gasteiger partial charge in [-0.2, -0.15) is 0 Å². The number of nitrogens with one attached hydrogen (secondary N) is 2. The quantitative estimate of drug-likeness (QED) is 0.462. The zero-order valence-corrected chi connectivity index (χ0v) is 16.6. The summed E-state index contributed by atoms with van der Waals surface area (Å²) in [6, 6.07) is 7.29. The normalized spacial score (nSPS) is 10.7. The number of aryl methyl sites for hydroxylation is 1. The number of carbonyl (C=O) groups is 2. The predicted molar refractivity (Wildman–Crippen MR) is 108 cm³/mol. The number of aromatic nitrogens is 2. The smallest absolute Gasteiger partial charge is 0.348 e. The molecular weight excluding hydrogens is 380 g/mol. The summed E-state index contributed by atoms with van der Waals surface area (Å²) in [5.41, 5.74) is 2.18. The maximum atomic E-state index is 12.4. The van der Waals surface area contributed by atoms with E-state index in [9.17, 15) is 9.59 Å². The van der Waals surface area contributed by atoms with E-state index >= 15 is 0 Å². The lowest BCUT2D eigenvalue weighted by molar-refractivity contribution is -0.114. The highest BCUT2D eigenvalue weighted by atomic mass is 32.1. The highest BCUT2D eigenvalue weighted by Crippen LogP contribution is 2.35. The van der Waals surface area contributed by atoms with Crippen LogP contribution in [-0.2, 0) is 14.3 Å². The molecule has 3 rings (SSSR count). The predicted octanol–water partition coefficient (Wildman–Crippen LogP) is 3.50. The highest BCUT2D eigenvalue weighted by Gasteiger charge is 2.20. The van der Waals surface area contributed by atoms with Gasteiger partial charge in [0.15, 0.2) is 0 Å². The van der Waals surface area contributed by atoms with Crippen LogP contribution >= 0.6 is 11.3 Å². The number of rotatable bonds is 7. The van der Waals surface area contributed by atoms with Gasteiger partial charge >= 0.3 is 5.97 Å². The van der Waals surface area contributed by atoms with Crippen molar-refractivity contribution in [3.05, 3.63) is 41.0 Å². The van der Waals surface area contributed by atoms with Crippen LogP contribution in [0.3, 0.4) is 0 Å². The number of benzene rings is 1. The van der Waals surface area contributed by atoms with Crippen molar-refractivity contribution >= 4 is 50.6 Å². The summed E-state index contributed by atoms with van der Waals surface area (Å²) in [6.45, 7) is 3.83. The second-order valence-electron chi connectivity index (χ2n) is 5.97. The molecule has 3 aromatic rings. The van der Waals surface area contributed by atoms with Crippen LogP contribution < -0.4 is 10.6 Å². The van der Waals surface area contributed by atoms with Crippen LogP contribution in [0.1, 0.15) is 22.2 Å². The monoisotopic (exact) mass is 400 g/mol. The molecule has 8 nitrogen and oxygen atoms in total. The second kappa shape index (κ2) is 8.77. The molecule has 0 fully saturated rings. The third kappa shape index (κ3) is 4.44. The van der Waals surface area contributed by atoms with Gasteiger partial charge in [0.1, 0.15) is 28.5 Å². The van der Waals surface area contributed by atoms with E-state index in [2.05, 4.69) is 20.6 Å². The van der Waals surface area contributed by atoms with Gasteiger partial charge in [0, 0.05) is 25.4 Å². The molecule has 0 saturated carbocycles. The Morgan fingerprint density at radius 2 is 1.96 bits per heavy atom. The number of hydrogen-bond acceptors (Lipinski definition) is 8. The van der Waals surface area contributed by atoms with Crippen LogP contribution in [0.4, 0.5) is 17.2 Å². The van der Waals surface area contributed by atoms with Gasteiger partial charge in [-0.25, -0.2) is 14.8 Å². The van der Waals surface area contributed by atoms with Crippen LogP contribution in [0.2, 0.25) is 0 Å². The van der Waals surface area contributed by atoms with Gasteiger partial charge in [-0.1, -0.05) is 6.07 Å². The number of methoxy groups -OCH3 is 1. The van der Waals surface area contributed by atoms with Crippen LogP contribution in [-0.4, -0.2) is 42.2 Å². The standard InChI is InChI=1S/C19H20N4O4S/c1-11-15-17(23-14-6-4-5-13(9-14)22-12(2)24)20-10-21-18(15)28-16(11)19(25)27-8-7-26-3/h4-6,9-10H,7-8H2,1-3H3,(H,22,24)(H,20,21,23). The minimum atomic E-state index is -0.406. The Morgan fingerprint density at radius 3 is 2.71 bits per heavy atom. The molecule has 0 atom stereocenters. The molecule has 0 radical (unpaired) electrons. The van der Waals surface area contributed by atoms with Crippen molar-refractivity contribution in [2.75, 3.05) is 31.0 Å². The lowest BCUT2D eigenvalue weighted by Gasteiger charge is -2.09. The number of thiophene rings is 1. The van der Waals surface area contributed by atoms with Crippen molar-refractivity contribution in [1.82, 2.24) is 9.97 Å². The molecule has 0 saturated heterocycles.